The molecule has 0 saturated carbocycles. The molecule has 1 aliphatic heterocycles. The maximum atomic E-state index is 13.0. The molecule has 2 unspecified atom stereocenters. The average Bonchev–Trinajstić information content (AvgIpc) is 2.54. The summed E-state index contributed by atoms with van der Waals surface area (Å²) in [7, 11) is 0. The van der Waals surface area contributed by atoms with Gasteiger partial charge >= 0.3 is 5.97 Å². The molecule has 1 heterocycles. The van der Waals surface area contributed by atoms with E-state index in [-0.39, 0.29) is 12.3 Å². The first kappa shape index (κ1) is 11.6. The fraction of sp³-hybridized carbons (Fsp3) is 0.333. The lowest BCUT2D eigenvalue weighted by molar-refractivity contribution is -0.141. The zero-order valence-corrected chi connectivity index (χ0v) is 9.24. The van der Waals surface area contributed by atoms with Crippen LogP contribution in [0.15, 0.2) is 18.2 Å². The quantitative estimate of drug-likeness (QED) is 0.844. The Labute approximate surface area is 97.4 Å². The van der Waals surface area contributed by atoms with E-state index in [2.05, 4.69) is 5.32 Å². The summed E-state index contributed by atoms with van der Waals surface area (Å²) in [4.78, 5) is 22.4. The van der Waals surface area contributed by atoms with Gasteiger partial charge < -0.3 is 10.4 Å². The van der Waals surface area contributed by atoms with Gasteiger partial charge in [-0.2, -0.15) is 0 Å². The molecule has 17 heavy (non-hydrogen) atoms. The third-order valence-electron chi connectivity index (χ3n) is 2.98. The molecular weight excluding hydrogens is 225 g/mol. The molecule has 0 fully saturated rings. The van der Waals surface area contributed by atoms with Gasteiger partial charge in [-0.15, -0.1) is 0 Å². The molecule has 0 radical (unpaired) electrons. The second kappa shape index (κ2) is 4.16. The Balaban J connectivity index is 2.26. The molecule has 0 aliphatic carbocycles. The number of benzene rings is 1. The molecule has 0 bridgehead atoms. The maximum Gasteiger partial charge on any atom is 0.306 e. The number of rotatable bonds is 3. The number of fused-ring (bicyclic) bond motifs is 1. The van der Waals surface area contributed by atoms with E-state index in [1.807, 2.05) is 0 Å². The lowest BCUT2D eigenvalue weighted by Crippen LogP contribution is -2.19. The molecule has 1 amide bonds. The number of carboxylic acid groups (broad SMARTS) is 1. The van der Waals surface area contributed by atoms with Gasteiger partial charge in [0.2, 0.25) is 5.91 Å². The van der Waals surface area contributed by atoms with Crippen molar-refractivity contribution in [3.63, 3.8) is 0 Å². The van der Waals surface area contributed by atoms with Crippen LogP contribution in [0.3, 0.4) is 0 Å². The van der Waals surface area contributed by atoms with E-state index in [0.29, 0.717) is 11.3 Å². The number of anilines is 1. The van der Waals surface area contributed by atoms with Crippen molar-refractivity contribution >= 4 is 17.6 Å². The van der Waals surface area contributed by atoms with Gasteiger partial charge in [-0.05, 0) is 24.1 Å². The summed E-state index contributed by atoms with van der Waals surface area (Å²) >= 11 is 0. The number of carbonyl (C=O) groups excluding carboxylic acids is 1. The van der Waals surface area contributed by atoms with Crippen molar-refractivity contribution in [2.45, 2.75) is 19.3 Å². The van der Waals surface area contributed by atoms with Gasteiger partial charge in [-0.25, -0.2) is 4.39 Å². The van der Waals surface area contributed by atoms with Crippen molar-refractivity contribution in [2.75, 3.05) is 5.32 Å². The summed E-state index contributed by atoms with van der Waals surface area (Å²) in [5.74, 6) is -2.73. The molecular formula is C12H12FNO3. The van der Waals surface area contributed by atoms with Crippen molar-refractivity contribution in [1.29, 1.82) is 0 Å². The van der Waals surface area contributed by atoms with Crippen molar-refractivity contribution in [2.24, 2.45) is 5.92 Å². The van der Waals surface area contributed by atoms with Crippen molar-refractivity contribution < 1.29 is 19.1 Å². The zero-order chi connectivity index (χ0) is 12.6. The summed E-state index contributed by atoms with van der Waals surface area (Å²) < 4.78 is 13.0. The molecule has 90 valence electrons. The van der Waals surface area contributed by atoms with Gasteiger partial charge in [0.25, 0.3) is 0 Å². The normalized spacial score (nSPS) is 19.6. The summed E-state index contributed by atoms with van der Waals surface area (Å²) in [5.41, 5.74) is 1.11. The van der Waals surface area contributed by atoms with Crippen LogP contribution in [0.5, 0.6) is 0 Å². The monoisotopic (exact) mass is 237 g/mol. The Morgan fingerprint density at radius 1 is 1.59 bits per heavy atom. The number of carbonyl (C=O) groups is 2. The Hall–Kier alpha value is -1.91. The van der Waals surface area contributed by atoms with E-state index in [1.54, 1.807) is 6.92 Å². The van der Waals surface area contributed by atoms with Gasteiger partial charge in [0, 0.05) is 5.69 Å². The highest BCUT2D eigenvalue weighted by atomic mass is 19.1. The molecule has 2 rings (SSSR count). The molecule has 2 N–H and O–H groups in total. The topological polar surface area (TPSA) is 66.4 Å². The second-order valence-electron chi connectivity index (χ2n) is 4.25. The van der Waals surface area contributed by atoms with E-state index in [4.69, 9.17) is 5.11 Å². The summed E-state index contributed by atoms with van der Waals surface area (Å²) in [6.07, 6.45) is 0.222. The Morgan fingerprint density at radius 3 is 2.94 bits per heavy atom. The number of carboxylic acids is 1. The van der Waals surface area contributed by atoms with Crippen LogP contribution in [0.25, 0.3) is 0 Å². The van der Waals surface area contributed by atoms with Crippen LogP contribution >= 0.6 is 0 Å². The third kappa shape index (κ3) is 2.13. The van der Waals surface area contributed by atoms with Crippen LogP contribution in [0.1, 0.15) is 24.8 Å². The van der Waals surface area contributed by atoms with Gasteiger partial charge in [-0.3, -0.25) is 9.59 Å². The highest BCUT2D eigenvalue weighted by Gasteiger charge is 2.33. The second-order valence-corrected chi connectivity index (χ2v) is 4.25. The first-order chi connectivity index (χ1) is 7.99. The lowest BCUT2D eigenvalue weighted by atomic mass is 9.91. The Bertz CT molecular complexity index is 487. The van der Waals surface area contributed by atoms with Gasteiger partial charge in [-0.1, -0.05) is 13.0 Å². The van der Waals surface area contributed by atoms with E-state index in [9.17, 15) is 14.0 Å². The summed E-state index contributed by atoms with van der Waals surface area (Å²) in [5, 5.41) is 11.4. The lowest BCUT2D eigenvalue weighted by Gasteiger charge is -2.11. The van der Waals surface area contributed by atoms with E-state index in [1.165, 1.54) is 18.2 Å². The molecule has 1 aromatic rings. The highest BCUT2D eigenvalue weighted by molar-refractivity contribution is 6.03. The van der Waals surface area contributed by atoms with Crippen molar-refractivity contribution in [1.82, 2.24) is 0 Å². The average molecular weight is 237 g/mol. The van der Waals surface area contributed by atoms with Crippen LogP contribution in [0.2, 0.25) is 0 Å². The number of amides is 1. The van der Waals surface area contributed by atoms with E-state index < -0.39 is 23.6 Å². The minimum absolute atomic E-state index is 0.222. The van der Waals surface area contributed by atoms with Crippen LogP contribution in [0.4, 0.5) is 10.1 Å². The molecule has 0 spiro atoms. The SMILES string of the molecule is CC(CC1C(=O)Nc2cc(F)ccc21)C(=O)O. The molecule has 0 saturated heterocycles. The van der Waals surface area contributed by atoms with Crippen LogP contribution in [-0.4, -0.2) is 17.0 Å². The highest BCUT2D eigenvalue weighted by Crippen LogP contribution is 2.36. The fourth-order valence-electron chi connectivity index (χ4n) is 1.99. The zero-order valence-electron chi connectivity index (χ0n) is 9.24. The number of halogens is 1. The van der Waals surface area contributed by atoms with Gasteiger partial charge in [0.15, 0.2) is 0 Å². The van der Waals surface area contributed by atoms with Gasteiger partial charge in [0.05, 0.1) is 11.8 Å². The number of nitrogens with one attached hydrogen (secondary N) is 1. The number of aliphatic carboxylic acids is 1. The molecule has 1 aromatic carbocycles. The smallest absolute Gasteiger partial charge is 0.306 e. The molecule has 4 nitrogen and oxygen atoms in total. The van der Waals surface area contributed by atoms with Crippen LogP contribution < -0.4 is 5.32 Å². The summed E-state index contributed by atoms with van der Waals surface area (Å²) in [6, 6.07) is 4.05. The minimum atomic E-state index is -0.937. The molecule has 5 heteroatoms. The van der Waals surface area contributed by atoms with E-state index in [0.717, 1.165) is 0 Å². The van der Waals surface area contributed by atoms with Crippen LogP contribution in [-0.2, 0) is 9.59 Å². The predicted octanol–water partition coefficient (Wildman–Crippen LogP) is 1.97. The number of hydrogen-bond acceptors (Lipinski definition) is 2. The standard InChI is InChI=1S/C12H12FNO3/c1-6(12(16)17)4-9-8-3-2-7(13)5-10(8)14-11(9)15/h2-3,5-6,9H,4H2,1H3,(H,14,15)(H,16,17). The molecule has 0 aromatic heterocycles. The maximum absolute atomic E-state index is 13.0. The third-order valence-corrected chi connectivity index (χ3v) is 2.98. The minimum Gasteiger partial charge on any atom is -0.481 e. The van der Waals surface area contributed by atoms with Crippen molar-refractivity contribution in [3.05, 3.63) is 29.6 Å². The van der Waals surface area contributed by atoms with Crippen molar-refractivity contribution in [3.8, 4) is 0 Å². The fourth-order valence-corrected chi connectivity index (χ4v) is 1.99. The first-order valence-electron chi connectivity index (χ1n) is 5.32. The van der Waals surface area contributed by atoms with Gasteiger partial charge in [0.1, 0.15) is 5.82 Å². The Kier molecular flexibility index (Phi) is 2.83. The molecule has 2 atom stereocenters. The summed E-state index contributed by atoms with van der Waals surface area (Å²) in [6.45, 7) is 1.55. The van der Waals surface area contributed by atoms with Crippen LogP contribution in [0, 0.1) is 11.7 Å². The molecule has 1 aliphatic rings. The Morgan fingerprint density at radius 2 is 2.29 bits per heavy atom. The van der Waals surface area contributed by atoms with E-state index >= 15 is 0 Å². The predicted molar refractivity (Wildman–Crippen MR) is 59.2 cm³/mol. The first-order valence-corrected chi connectivity index (χ1v) is 5.32. The number of hydrogen-bond donors (Lipinski definition) is 2. The largest absolute Gasteiger partial charge is 0.481 e.